The van der Waals surface area contributed by atoms with Gasteiger partial charge in [0.2, 0.25) is 0 Å². The summed E-state index contributed by atoms with van der Waals surface area (Å²) in [4.78, 5) is 2.70. The molecule has 0 saturated carbocycles. The Morgan fingerprint density at radius 1 is 1.07 bits per heavy atom. The maximum atomic E-state index is 6.05. The average molecular weight is 236 g/mol. The lowest BCUT2D eigenvalue weighted by atomic mass is 9.96. The van der Waals surface area contributed by atoms with Crippen LogP contribution >= 0.6 is 22.7 Å². The Balaban J connectivity index is 2.10. The number of ether oxygens (including phenoxy) is 1. The van der Waals surface area contributed by atoms with Crippen LogP contribution in [0, 0.1) is 0 Å². The van der Waals surface area contributed by atoms with Crippen LogP contribution in [0.4, 0.5) is 0 Å². The molecule has 0 N–H and O–H groups in total. The maximum Gasteiger partial charge on any atom is 0.136 e. The quantitative estimate of drug-likeness (QED) is 0.769. The lowest BCUT2D eigenvalue weighted by Crippen LogP contribution is -2.23. The third kappa shape index (κ3) is 1.46. The summed E-state index contributed by atoms with van der Waals surface area (Å²) in [5.41, 5.74) is -0.123. The highest BCUT2D eigenvalue weighted by atomic mass is 32.1. The SMILES string of the molecule is c1csc(C2(c3cccs3)CCCO2)c1. The molecular weight excluding hydrogens is 224 g/mol. The molecule has 1 saturated heterocycles. The van der Waals surface area contributed by atoms with Crippen molar-refractivity contribution in [2.45, 2.75) is 18.4 Å². The molecule has 3 heterocycles. The molecule has 0 bridgehead atoms. The second-order valence-electron chi connectivity index (χ2n) is 3.73. The molecule has 1 fully saturated rings. The molecule has 3 rings (SSSR count). The monoisotopic (exact) mass is 236 g/mol. The zero-order valence-corrected chi connectivity index (χ0v) is 9.94. The minimum Gasteiger partial charge on any atom is -0.364 e. The molecule has 78 valence electrons. The van der Waals surface area contributed by atoms with E-state index in [9.17, 15) is 0 Å². The van der Waals surface area contributed by atoms with Crippen molar-refractivity contribution in [2.24, 2.45) is 0 Å². The molecule has 15 heavy (non-hydrogen) atoms. The van der Waals surface area contributed by atoms with Crippen molar-refractivity contribution in [1.82, 2.24) is 0 Å². The van der Waals surface area contributed by atoms with E-state index in [0.29, 0.717) is 0 Å². The number of rotatable bonds is 2. The third-order valence-electron chi connectivity index (χ3n) is 2.86. The van der Waals surface area contributed by atoms with Gasteiger partial charge >= 0.3 is 0 Å². The summed E-state index contributed by atoms with van der Waals surface area (Å²) in [5.74, 6) is 0. The summed E-state index contributed by atoms with van der Waals surface area (Å²) in [6, 6.07) is 8.60. The zero-order valence-electron chi connectivity index (χ0n) is 8.31. The van der Waals surface area contributed by atoms with Gasteiger partial charge in [-0.1, -0.05) is 12.1 Å². The van der Waals surface area contributed by atoms with Crippen LogP contribution in [-0.2, 0) is 10.3 Å². The van der Waals surface area contributed by atoms with Crippen LogP contribution in [0.1, 0.15) is 22.6 Å². The van der Waals surface area contributed by atoms with Crippen LogP contribution in [0.2, 0.25) is 0 Å². The molecule has 0 atom stereocenters. The van der Waals surface area contributed by atoms with Crippen molar-refractivity contribution < 1.29 is 4.74 Å². The molecule has 1 aliphatic rings. The van der Waals surface area contributed by atoms with Gasteiger partial charge in [-0.15, -0.1) is 22.7 Å². The lowest BCUT2D eigenvalue weighted by molar-refractivity contribution is 0.0420. The largest absolute Gasteiger partial charge is 0.364 e. The summed E-state index contributed by atoms with van der Waals surface area (Å²) in [7, 11) is 0. The van der Waals surface area contributed by atoms with Gasteiger partial charge in [0.05, 0.1) is 0 Å². The minimum absolute atomic E-state index is 0.123. The summed E-state index contributed by atoms with van der Waals surface area (Å²) in [6.45, 7) is 0.885. The highest BCUT2D eigenvalue weighted by Gasteiger charge is 2.40. The predicted octanol–water partition coefficient (Wildman–Crippen LogP) is 3.86. The fraction of sp³-hybridized carbons (Fsp3) is 0.333. The van der Waals surface area contributed by atoms with Gasteiger partial charge in [0, 0.05) is 16.4 Å². The molecule has 0 amide bonds. The van der Waals surface area contributed by atoms with Crippen molar-refractivity contribution in [3.8, 4) is 0 Å². The fourth-order valence-corrected chi connectivity index (χ4v) is 4.08. The van der Waals surface area contributed by atoms with Gasteiger partial charge in [0.1, 0.15) is 5.60 Å². The van der Waals surface area contributed by atoms with Crippen LogP contribution in [0.3, 0.4) is 0 Å². The van der Waals surface area contributed by atoms with E-state index < -0.39 is 0 Å². The van der Waals surface area contributed by atoms with Gasteiger partial charge in [-0.05, 0) is 35.7 Å². The average Bonchev–Trinajstić information content (AvgIpc) is 3.02. The Labute approximate surface area is 97.3 Å². The standard InChI is InChI=1S/C12H12OS2/c1-4-10(14-8-1)12(6-3-7-13-12)11-5-2-9-15-11/h1-2,4-5,8-9H,3,6-7H2. The summed E-state index contributed by atoms with van der Waals surface area (Å²) >= 11 is 3.60. The molecule has 0 aromatic carbocycles. The Morgan fingerprint density at radius 2 is 1.73 bits per heavy atom. The highest BCUT2D eigenvalue weighted by molar-refractivity contribution is 7.11. The summed E-state index contributed by atoms with van der Waals surface area (Å²) in [5, 5.41) is 4.26. The second kappa shape index (κ2) is 3.74. The third-order valence-corrected chi connectivity index (χ3v) is 4.89. The Bertz CT molecular complexity index is 374. The van der Waals surface area contributed by atoms with Crippen molar-refractivity contribution in [1.29, 1.82) is 0 Å². The Morgan fingerprint density at radius 3 is 2.13 bits per heavy atom. The van der Waals surface area contributed by atoms with Gasteiger partial charge < -0.3 is 4.74 Å². The number of thiophene rings is 2. The number of hydrogen-bond donors (Lipinski definition) is 0. The highest BCUT2D eigenvalue weighted by Crippen LogP contribution is 2.45. The van der Waals surface area contributed by atoms with Crippen LogP contribution in [0.25, 0.3) is 0 Å². The maximum absolute atomic E-state index is 6.05. The van der Waals surface area contributed by atoms with Gasteiger partial charge in [0.25, 0.3) is 0 Å². The van der Waals surface area contributed by atoms with Crippen LogP contribution < -0.4 is 0 Å². The van der Waals surface area contributed by atoms with Crippen LogP contribution in [0.5, 0.6) is 0 Å². The van der Waals surface area contributed by atoms with Crippen LogP contribution in [-0.4, -0.2) is 6.61 Å². The minimum atomic E-state index is -0.123. The number of hydrogen-bond acceptors (Lipinski definition) is 3. The van der Waals surface area contributed by atoms with Gasteiger partial charge in [-0.2, -0.15) is 0 Å². The van der Waals surface area contributed by atoms with E-state index in [4.69, 9.17) is 4.74 Å². The predicted molar refractivity (Wildman–Crippen MR) is 64.6 cm³/mol. The Hall–Kier alpha value is -0.640. The summed E-state index contributed by atoms with van der Waals surface area (Å²) in [6.07, 6.45) is 2.28. The van der Waals surface area contributed by atoms with Crippen molar-refractivity contribution in [3.63, 3.8) is 0 Å². The van der Waals surface area contributed by atoms with Crippen LogP contribution in [0.15, 0.2) is 35.0 Å². The van der Waals surface area contributed by atoms with Crippen molar-refractivity contribution in [2.75, 3.05) is 6.61 Å². The Kier molecular flexibility index (Phi) is 2.39. The van der Waals surface area contributed by atoms with Crippen molar-refractivity contribution >= 4 is 22.7 Å². The molecular formula is C12H12OS2. The molecule has 2 aromatic heterocycles. The first-order valence-electron chi connectivity index (χ1n) is 5.14. The normalized spacial score (nSPS) is 19.5. The van der Waals surface area contributed by atoms with E-state index in [2.05, 4.69) is 35.0 Å². The fourth-order valence-electron chi connectivity index (χ4n) is 2.17. The van der Waals surface area contributed by atoms with E-state index >= 15 is 0 Å². The summed E-state index contributed by atoms with van der Waals surface area (Å²) < 4.78 is 6.05. The smallest absolute Gasteiger partial charge is 0.136 e. The first-order chi connectivity index (χ1) is 7.42. The molecule has 0 spiro atoms. The molecule has 1 nitrogen and oxygen atoms in total. The first kappa shape index (κ1) is 9.58. The van der Waals surface area contributed by atoms with Gasteiger partial charge in [-0.25, -0.2) is 0 Å². The zero-order chi connectivity index (χ0) is 10.1. The molecule has 0 aliphatic carbocycles. The van der Waals surface area contributed by atoms with E-state index in [1.807, 2.05) is 0 Å². The molecule has 1 aliphatic heterocycles. The lowest BCUT2D eigenvalue weighted by Gasteiger charge is -2.25. The molecule has 0 radical (unpaired) electrons. The topological polar surface area (TPSA) is 9.23 Å². The van der Waals surface area contributed by atoms with E-state index in [-0.39, 0.29) is 5.60 Å². The van der Waals surface area contributed by atoms with E-state index in [1.54, 1.807) is 22.7 Å². The van der Waals surface area contributed by atoms with Gasteiger partial charge in [-0.3, -0.25) is 0 Å². The molecule has 0 unspecified atom stereocenters. The van der Waals surface area contributed by atoms with E-state index in [0.717, 1.165) is 19.4 Å². The van der Waals surface area contributed by atoms with Crippen molar-refractivity contribution in [3.05, 3.63) is 44.8 Å². The van der Waals surface area contributed by atoms with E-state index in [1.165, 1.54) is 9.75 Å². The van der Waals surface area contributed by atoms with Gasteiger partial charge in [0.15, 0.2) is 0 Å². The second-order valence-corrected chi connectivity index (χ2v) is 5.63. The first-order valence-corrected chi connectivity index (χ1v) is 6.90. The molecule has 3 heteroatoms. The molecule has 2 aromatic rings.